The van der Waals surface area contributed by atoms with E-state index in [0.29, 0.717) is 0 Å². The molecule has 0 aromatic carbocycles. The lowest BCUT2D eigenvalue weighted by Crippen LogP contribution is -1.79. The van der Waals surface area contributed by atoms with Crippen molar-refractivity contribution in [2.24, 2.45) is 0 Å². The minimum absolute atomic E-state index is 0.275. The summed E-state index contributed by atoms with van der Waals surface area (Å²) in [4.78, 5) is 9.58. The molecule has 0 spiro atoms. The van der Waals surface area contributed by atoms with Gasteiger partial charge in [0, 0.05) is 0 Å². The summed E-state index contributed by atoms with van der Waals surface area (Å²) in [6.45, 7) is 0. The van der Waals surface area contributed by atoms with Crippen molar-refractivity contribution in [3.63, 3.8) is 0 Å². The molecule has 0 fully saturated rings. The van der Waals surface area contributed by atoms with Gasteiger partial charge in [0.25, 0.3) is 0 Å². The van der Waals surface area contributed by atoms with Gasteiger partial charge >= 0.3 is 3.98 Å². The number of ether oxygens (including phenoxy) is 1. The van der Waals surface area contributed by atoms with Gasteiger partial charge in [-0.3, -0.25) is 0 Å². The average molecular weight is 186 g/mol. The standard InChI is InChI=1S/C2H3IO2/c1-5-2(3)4/h1H3. The molecule has 0 unspecified atom stereocenters. The topological polar surface area (TPSA) is 26.3 Å². The third-order valence-electron chi connectivity index (χ3n) is 0.160. The first kappa shape index (κ1) is 5.20. The van der Waals surface area contributed by atoms with Gasteiger partial charge in [0.1, 0.15) is 0 Å². The molecule has 0 atom stereocenters. The summed E-state index contributed by atoms with van der Waals surface area (Å²) in [5.74, 6) is 0. The minimum atomic E-state index is -0.275. The van der Waals surface area contributed by atoms with E-state index in [4.69, 9.17) is 0 Å². The molecule has 0 aromatic heterocycles. The molecule has 3 heteroatoms. The zero-order valence-electron chi connectivity index (χ0n) is 2.69. The first-order chi connectivity index (χ1) is 2.27. The highest BCUT2D eigenvalue weighted by molar-refractivity contribution is 14.1. The van der Waals surface area contributed by atoms with Crippen molar-refractivity contribution in [1.29, 1.82) is 0 Å². The van der Waals surface area contributed by atoms with Crippen molar-refractivity contribution < 1.29 is 9.53 Å². The molecule has 0 rings (SSSR count). The minimum Gasteiger partial charge on any atom is -0.462 e. The number of hydrogen-bond acceptors (Lipinski definition) is 2. The van der Waals surface area contributed by atoms with Crippen LogP contribution in [0.3, 0.4) is 0 Å². The van der Waals surface area contributed by atoms with E-state index in [0.717, 1.165) is 0 Å². The molecule has 0 aliphatic rings. The number of rotatable bonds is 0. The van der Waals surface area contributed by atoms with Crippen LogP contribution in [0, 0.1) is 0 Å². The van der Waals surface area contributed by atoms with Gasteiger partial charge in [-0.15, -0.1) is 0 Å². The van der Waals surface area contributed by atoms with E-state index in [1.807, 2.05) is 0 Å². The molecule has 0 amide bonds. The second-order valence-corrected chi connectivity index (χ2v) is 1.32. The van der Waals surface area contributed by atoms with Gasteiger partial charge in [0.2, 0.25) is 0 Å². The Morgan fingerprint density at radius 3 is 2.20 bits per heavy atom. The summed E-state index contributed by atoms with van der Waals surface area (Å²) in [5, 5.41) is 0. The lowest BCUT2D eigenvalue weighted by molar-refractivity contribution is 0.204. The molecule has 0 saturated heterocycles. The van der Waals surface area contributed by atoms with E-state index in [1.165, 1.54) is 7.11 Å². The van der Waals surface area contributed by atoms with E-state index in [-0.39, 0.29) is 3.98 Å². The van der Waals surface area contributed by atoms with E-state index in [1.54, 1.807) is 22.6 Å². The molecule has 0 aliphatic heterocycles. The van der Waals surface area contributed by atoms with Crippen LogP contribution in [-0.2, 0) is 4.74 Å². The molecule has 0 saturated carbocycles. The number of carbonyl (C=O) groups is 1. The summed E-state index contributed by atoms with van der Waals surface area (Å²) in [7, 11) is 1.34. The summed E-state index contributed by atoms with van der Waals surface area (Å²) in [5.41, 5.74) is 0. The Morgan fingerprint density at radius 1 is 2.00 bits per heavy atom. The Bertz CT molecular complexity index is 42.9. The fraction of sp³-hybridized carbons (Fsp3) is 0.500. The van der Waals surface area contributed by atoms with E-state index >= 15 is 0 Å². The first-order valence-electron chi connectivity index (χ1n) is 1.01. The van der Waals surface area contributed by atoms with Crippen LogP contribution in [0.25, 0.3) is 0 Å². The Balaban J connectivity index is 2.85. The van der Waals surface area contributed by atoms with Gasteiger partial charge in [-0.1, -0.05) is 0 Å². The molecule has 30 valence electrons. The van der Waals surface area contributed by atoms with Gasteiger partial charge in [-0.25, -0.2) is 4.79 Å². The van der Waals surface area contributed by atoms with Crippen LogP contribution < -0.4 is 0 Å². The number of halogens is 1. The van der Waals surface area contributed by atoms with Crippen LogP contribution in [0.5, 0.6) is 0 Å². The first-order valence-corrected chi connectivity index (χ1v) is 2.08. The molecule has 0 N–H and O–H groups in total. The van der Waals surface area contributed by atoms with Gasteiger partial charge < -0.3 is 4.74 Å². The maximum atomic E-state index is 9.58. The van der Waals surface area contributed by atoms with E-state index in [9.17, 15) is 4.79 Å². The predicted molar refractivity (Wildman–Crippen MR) is 26.4 cm³/mol. The zero-order valence-corrected chi connectivity index (χ0v) is 4.85. The van der Waals surface area contributed by atoms with Crippen molar-refractivity contribution in [3.05, 3.63) is 0 Å². The van der Waals surface area contributed by atoms with Crippen molar-refractivity contribution in [2.45, 2.75) is 0 Å². The Hall–Kier alpha value is 0.200. The molecule has 0 aliphatic carbocycles. The van der Waals surface area contributed by atoms with E-state index in [2.05, 4.69) is 4.74 Å². The third-order valence-corrected chi connectivity index (χ3v) is 0.601. The molecular weight excluding hydrogens is 183 g/mol. The maximum absolute atomic E-state index is 9.58. The number of hydrogen-bond donors (Lipinski definition) is 0. The number of carbonyl (C=O) groups excluding carboxylic acids is 1. The Kier molecular flexibility index (Phi) is 2.54. The average Bonchev–Trinajstić information content (AvgIpc) is 1.38. The van der Waals surface area contributed by atoms with Crippen LogP contribution in [0.1, 0.15) is 0 Å². The molecule has 0 heterocycles. The molecule has 0 bridgehead atoms. The monoisotopic (exact) mass is 186 g/mol. The van der Waals surface area contributed by atoms with Crippen molar-refractivity contribution in [2.75, 3.05) is 7.11 Å². The SMILES string of the molecule is COC(=O)I. The van der Waals surface area contributed by atoms with E-state index < -0.39 is 0 Å². The molecule has 5 heavy (non-hydrogen) atoms. The van der Waals surface area contributed by atoms with Gasteiger partial charge in [0.15, 0.2) is 0 Å². The van der Waals surface area contributed by atoms with Crippen LogP contribution in [0.2, 0.25) is 0 Å². The summed E-state index contributed by atoms with van der Waals surface area (Å²) in [6.07, 6.45) is 0. The Morgan fingerprint density at radius 2 is 2.20 bits per heavy atom. The maximum Gasteiger partial charge on any atom is 0.366 e. The lowest BCUT2D eigenvalue weighted by atomic mass is 11.5. The van der Waals surface area contributed by atoms with Crippen LogP contribution in [0.15, 0.2) is 0 Å². The number of methoxy groups -OCH3 is 1. The highest BCUT2D eigenvalue weighted by Crippen LogP contribution is 1.84. The lowest BCUT2D eigenvalue weighted by Gasteiger charge is -1.78. The third kappa shape index (κ3) is 4.20. The van der Waals surface area contributed by atoms with Crippen molar-refractivity contribution in [3.8, 4) is 0 Å². The van der Waals surface area contributed by atoms with Crippen molar-refractivity contribution in [1.82, 2.24) is 0 Å². The van der Waals surface area contributed by atoms with Crippen LogP contribution in [-0.4, -0.2) is 11.1 Å². The molecule has 0 aromatic rings. The molecule has 2 nitrogen and oxygen atoms in total. The fourth-order valence-corrected chi connectivity index (χ4v) is 0. The van der Waals surface area contributed by atoms with Gasteiger partial charge in [-0.05, 0) is 0 Å². The van der Waals surface area contributed by atoms with Crippen LogP contribution >= 0.6 is 22.6 Å². The highest BCUT2D eigenvalue weighted by atomic mass is 127. The normalized spacial score (nSPS) is 6.80. The zero-order chi connectivity index (χ0) is 4.28. The second kappa shape index (κ2) is 2.44. The van der Waals surface area contributed by atoms with Crippen molar-refractivity contribution >= 4 is 26.6 Å². The smallest absolute Gasteiger partial charge is 0.366 e. The van der Waals surface area contributed by atoms with Gasteiger partial charge in [0.05, 0.1) is 29.7 Å². The quantitative estimate of drug-likeness (QED) is 0.419. The predicted octanol–water partition coefficient (Wildman–Crippen LogP) is 1.19. The molecule has 0 radical (unpaired) electrons. The summed E-state index contributed by atoms with van der Waals surface area (Å²) < 4.78 is 3.82. The largest absolute Gasteiger partial charge is 0.462 e. The van der Waals surface area contributed by atoms with Gasteiger partial charge in [-0.2, -0.15) is 0 Å². The summed E-state index contributed by atoms with van der Waals surface area (Å²) >= 11 is 1.55. The second-order valence-electron chi connectivity index (χ2n) is 0.442. The summed E-state index contributed by atoms with van der Waals surface area (Å²) in [6, 6.07) is 0. The molecular formula is C2H3IO2. The fourth-order valence-electron chi connectivity index (χ4n) is 0. The van der Waals surface area contributed by atoms with Crippen LogP contribution in [0.4, 0.5) is 4.79 Å². The Labute approximate surface area is 43.6 Å². The highest BCUT2D eigenvalue weighted by Gasteiger charge is 1.79.